The number of aliphatic hydroxyl groups is 2. The van der Waals surface area contributed by atoms with Gasteiger partial charge in [0, 0.05) is 12.5 Å². The summed E-state index contributed by atoms with van der Waals surface area (Å²) in [5.41, 5.74) is 11.9. The Kier molecular flexibility index (Phi) is 7.09. The number of benzene rings is 3. The zero-order valence-corrected chi connectivity index (χ0v) is 20.5. The lowest BCUT2D eigenvalue weighted by molar-refractivity contribution is 0.0136. The van der Waals surface area contributed by atoms with E-state index in [1.807, 2.05) is 30.3 Å². The fourth-order valence-corrected chi connectivity index (χ4v) is 4.81. The van der Waals surface area contributed by atoms with Gasteiger partial charge in [0.1, 0.15) is 30.2 Å². The van der Waals surface area contributed by atoms with Gasteiger partial charge in [-0.1, -0.05) is 60.7 Å². The van der Waals surface area contributed by atoms with Crippen molar-refractivity contribution in [2.24, 2.45) is 0 Å². The van der Waals surface area contributed by atoms with Crippen LogP contribution in [0.25, 0.3) is 16.8 Å². The Morgan fingerprint density at radius 3 is 2.29 bits per heavy atom. The van der Waals surface area contributed by atoms with E-state index in [4.69, 9.17) is 15.7 Å². The van der Waals surface area contributed by atoms with Crippen LogP contribution in [0.15, 0.2) is 79.0 Å². The highest BCUT2D eigenvalue weighted by molar-refractivity contribution is 5.79. The fraction of sp³-hybridized carbons (Fsp3) is 0.207. The van der Waals surface area contributed by atoms with Crippen molar-refractivity contribution in [3.63, 3.8) is 0 Å². The number of alkyl carbamates (subject to hydrolysis) is 1. The average molecular weight is 510 g/mol. The number of fused-ring (bicyclic) bond motifs is 3. The second-order valence-corrected chi connectivity index (χ2v) is 9.11. The van der Waals surface area contributed by atoms with Gasteiger partial charge in [0.15, 0.2) is 0 Å². The van der Waals surface area contributed by atoms with Crippen LogP contribution in [0.4, 0.5) is 10.6 Å². The molecule has 38 heavy (non-hydrogen) atoms. The van der Waals surface area contributed by atoms with Crippen LogP contribution in [-0.2, 0) is 4.74 Å². The van der Waals surface area contributed by atoms with Crippen LogP contribution < -0.4 is 11.1 Å². The van der Waals surface area contributed by atoms with E-state index in [0.717, 1.165) is 22.3 Å². The normalized spacial score (nSPS) is 13.7. The second kappa shape index (κ2) is 10.8. The number of carbonyl (C=O) groups is 1. The Hall–Kier alpha value is -4.65. The smallest absolute Gasteiger partial charge is 0.407 e. The van der Waals surface area contributed by atoms with Crippen molar-refractivity contribution >= 4 is 11.9 Å². The lowest BCUT2D eigenvalue weighted by Gasteiger charge is -2.19. The maximum atomic E-state index is 12.4. The Balaban J connectivity index is 1.11. The van der Waals surface area contributed by atoms with Gasteiger partial charge in [-0.15, -0.1) is 0 Å². The molecule has 0 spiro atoms. The highest BCUT2D eigenvalue weighted by Gasteiger charge is 2.29. The van der Waals surface area contributed by atoms with Gasteiger partial charge < -0.3 is 26.0 Å². The summed E-state index contributed by atoms with van der Waals surface area (Å²) in [4.78, 5) is 12.4. The third kappa shape index (κ3) is 4.83. The molecule has 0 saturated heterocycles. The predicted molar refractivity (Wildman–Crippen MR) is 141 cm³/mol. The van der Waals surface area contributed by atoms with Crippen LogP contribution in [-0.4, -0.2) is 45.3 Å². The van der Waals surface area contributed by atoms with Gasteiger partial charge in [-0.05, 0) is 46.4 Å². The van der Waals surface area contributed by atoms with E-state index in [0.29, 0.717) is 11.3 Å². The number of carbonyl (C=O) groups excluding carboxylic acids is 1. The topological polar surface area (TPSA) is 146 Å². The number of nitrogens with two attached hydrogens (primary N) is 1. The minimum absolute atomic E-state index is 0.0351. The first-order chi connectivity index (χ1) is 18.5. The summed E-state index contributed by atoms with van der Waals surface area (Å²) in [7, 11) is 0. The molecule has 9 nitrogen and oxygen atoms in total. The molecule has 5 N–H and O–H groups in total. The number of rotatable bonds is 8. The Labute approximate surface area is 219 Å². The number of hydrogen-bond acceptors (Lipinski definition) is 7. The number of aliphatic hydroxyl groups excluding tert-OH is 2. The molecule has 1 heterocycles. The molecule has 5 rings (SSSR count). The van der Waals surface area contributed by atoms with Gasteiger partial charge in [-0.25, -0.2) is 9.48 Å². The number of ether oxygens (including phenoxy) is 1. The van der Waals surface area contributed by atoms with Gasteiger partial charge in [0.05, 0.1) is 18.0 Å². The molecule has 1 aliphatic rings. The minimum atomic E-state index is -1.15. The molecule has 3 aromatic carbocycles. The lowest BCUT2D eigenvalue weighted by Crippen LogP contribution is -2.30. The maximum absolute atomic E-state index is 12.4. The van der Waals surface area contributed by atoms with Crippen molar-refractivity contribution in [2.45, 2.75) is 24.5 Å². The number of aromatic nitrogens is 2. The number of hydrogen-bond donors (Lipinski definition) is 4. The van der Waals surface area contributed by atoms with Gasteiger partial charge in [0.2, 0.25) is 0 Å². The first-order valence-electron chi connectivity index (χ1n) is 12.3. The van der Waals surface area contributed by atoms with Crippen molar-refractivity contribution in [1.82, 2.24) is 15.1 Å². The van der Waals surface area contributed by atoms with Gasteiger partial charge >= 0.3 is 6.09 Å². The first-order valence-corrected chi connectivity index (χ1v) is 12.3. The number of nitriles is 1. The molecule has 0 bridgehead atoms. The fourth-order valence-electron chi connectivity index (χ4n) is 4.81. The maximum Gasteiger partial charge on any atom is 0.407 e. The number of nitrogens with zero attached hydrogens (tertiary/aromatic N) is 3. The molecule has 1 aliphatic carbocycles. The molecular weight excluding hydrogens is 482 g/mol. The predicted octanol–water partition coefficient (Wildman–Crippen LogP) is 3.65. The second-order valence-electron chi connectivity index (χ2n) is 9.11. The van der Waals surface area contributed by atoms with Crippen LogP contribution >= 0.6 is 0 Å². The highest BCUT2D eigenvalue weighted by atomic mass is 16.5. The summed E-state index contributed by atoms with van der Waals surface area (Å²) in [5, 5.41) is 36.8. The standard InChI is InChI=1S/C29H27N5O4/c30-15-19-16-33-34(28(19)31)20-11-9-18(10-12-20)27(36)26(35)13-14-32-29(37)38-17-25-23-7-3-1-5-21(23)22-6-2-4-8-24(22)25/h1-12,16,25-27,35-36H,13-14,17,31H2,(H,32,37). The number of nitrogen functional groups attached to an aromatic ring is 1. The third-order valence-corrected chi connectivity index (χ3v) is 6.82. The molecule has 2 unspecified atom stereocenters. The molecule has 1 aromatic heterocycles. The van der Waals surface area contributed by atoms with E-state index < -0.39 is 18.3 Å². The SMILES string of the molecule is N#Cc1cnn(-c2ccc(C(O)C(O)CCNC(=O)OCC3c4ccccc4-c4ccccc43)cc2)c1N. The quantitative estimate of drug-likeness (QED) is 0.283. The summed E-state index contributed by atoms with van der Waals surface area (Å²) in [5.74, 6) is 0.187. The number of amides is 1. The Morgan fingerprint density at radius 2 is 1.68 bits per heavy atom. The average Bonchev–Trinajstić information content (AvgIpc) is 3.48. The lowest BCUT2D eigenvalue weighted by atomic mass is 9.98. The molecule has 9 heteroatoms. The third-order valence-electron chi connectivity index (χ3n) is 6.82. The Bertz CT molecular complexity index is 1450. The summed E-state index contributed by atoms with van der Waals surface area (Å²) in [6, 6.07) is 24.9. The monoisotopic (exact) mass is 509 g/mol. The van der Waals surface area contributed by atoms with Crippen molar-refractivity contribution < 1.29 is 19.7 Å². The number of nitrogens with one attached hydrogen (secondary N) is 1. The van der Waals surface area contributed by atoms with E-state index in [9.17, 15) is 15.0 Å². The van der Waals surface area contributed by atoms with Crippen molar-refractivity contribution in [2.75, 3.05) is 18.9 Å². The van der Waals surface area contributed by atoms with Crippen LogP contribution in [0.3, 0.4) is 0 Å². The summed E-state index contributed by atoms with van der Waals surface area (Å²) in [6.45, 7) is 0.335. The molecule has 0 fully saturated rings. The van der Waals surface area contributed by atoms with Crippen LogP contribution in [0.1, 0.15) is 40.7 Å². The molecule has 0 saturated carbocycles. The molecule has 1 amide bonds. The van der Waals surface area contributed by atoms with Crippen LogP contribution in [0.2, 0.25) is 0 Å². The van der Waals surface area contributed by atoms with E-state index >= 15 is 0 Å². The summed E-state index contributed by atoms with van der Waals surface area (Å²) >= 11 is 0. The molecule has 2 atom stereocenters. The first kappa shape index (κ1) is 25.0. The number of anilines is 1. The van der Waals surface area contributed by atoms with Crippen LogP contribution in [0, 0.1) is 11.3 Å². The molecule has 4 aromatic rings. The molecule has 0 radical (unpaired) electrons. The zero-order chi connectivity index (χ0) is 26.6. The zero-order valence-electron chi connectivity index (χ0n) is 20.5. The molecule has 0 aliphatic heterocycles. The van der Waals surface area contributed by atoms with Crippen molar-refractivity contribution in [3.8, 4) is 22.9 Å². The molecule has 192 valence electrons. The summed E-state index contributed by atoms with van der Waals surface area (Å²) < 4.78 is 6.93. The van der Waals surface area contributed by atoms with E-state index in [2.05, 4.69) is 34.7 Å². The van der Waals surface area contributed by atoms with Gasteiger partial charge in [-0.3, -0.25) is 0 Å². The van der Waals surface area contributed by atoms with E-state index in [1.165, 1.54) is 10.9 Å². The van der Waals surface area contributed by atoms with Gasteiger partial charge in [-0.2, -0.15) is 10.4 Å². The van der Waals surface area contributed by atoms with Crippen molar-refractivity contribution in [3.05, 3.63) is 101 Å². The largest absolute Gasteiger partial charge is 0.449 e. The van der Waals surface area contributed by atoms with E-state index in [1.54, 1.807) is 24.3 Å². The van der Waals surface area contributed by atoms with Gasteiger partial charge in [0.25, 0.3) is 0 Å². The van der Waals surface area contributed by atoms with Crippen LogP contribution in [0.5, 0.6) is 0 Å². The van der Waals surface area contributed by atoms with E-state index in [-0.39, 0.29) is 36.9 Å². The summed E-state index contributed by atoms with van der Waals surface area (Å²) in [6.07, 6.45) is -1.32. The highest BCUT2D eigenvalue weighted by Crippen LogP contribution is 2.44. The minimum Gasteiger partial charge on any atom is -0.449 e. The molecular formula is C29H27N5O4. The Morgan fingerprint density at radius 1 is 1.05 bits per heavy atom. The van der Waals surface area contributed by atoms with Crippen molar-refractivity contribution in [1.29, 1.82) is 5.26 Å².